The van der Waals surface area contributed by atoms with Crippen molar-refractivity contribution in [3.8, 4) is 5.88 Å². The molecule has 3 aliphatic rings. The summed E-state index contributed by atoms with van der Waals surface area (Å²) in [6.07, 6.45) is 8.14. The van der Waals surface area contributed by atoms with Gasteiger partial charge in [0.05, 0.1) is 18.8 Å². The van der Waals surface area contributed by atoms with Crippen molar-refractivity contribution in [3.05, 3.63) is 47.2 Å². The van der Waals surface area contributed by atoms with Crippen LogP contribution >= 0.6 is 0 Å². The second kappa shape index (κ2) is 7.88. The average Bonchev–Trinajstić information content (AvgIpc) is 3.31. The molecule has 0 bridgehead atoms. The normalized spacial score (nSPS) is 20.9. The number of likely N-dealkylation sites (tertiary alicyclic amines) is 1. The number of piperidine rings is 1. The maximum absolute atomic E-state index is 6.27. The summed E-state index contributed by atoms with van der Waals surface area (Å²) in [6, 6.07) is 10.9. The average molecular weight is 382 g/mol. The van der Waals surface area contributed by atoms with Crippen LogP contribution in [0.15, 0.2) is 30.3 Å². The molecule has 0 radical (unpaired) electrons. The minimum atomic E-state index is -0.0174. The molecule has 0 atom stereocenters. The third kappa shape index (κ3) is 3.58. The van der Waals surface area contributed by atoms with Gasteiger partial charge in [-0.05, 0) is 62.6 Å². The number of unbranched alkanes of at least 4 members (excludes halogenated alkanes) is 1. The topological polar surface area (TPSA) is 39.5 Å². The van der Waals surface area contributed by atoms with Gasteiger partial charge in [-0.2, -0.15) is 0 Å². The molecule has 1 spiro atoms. The van der Waals surface area contributed by atoms with Crippen molar-refractivity contribution in [2.75, 3.05) is 26.2 Å². The molecule has 28 heavy (non-hydrogen) atoms. The summed E-state index contributed by atoms with van der Waals surface area (Å²) in [5.74, 6) is 0.814. The predicted molar refractivity (Wildman–Crippen MR) is 108 cm³/mol. The molecule has 3 aliphatic heterocycles. The first-order valence-corrected chi connectivity index (χ1v) is 11.0. The molecular weight excluding hydrogens is 350 g/mol. The molecule has 1 saturated heterocycles. The van der Waals surface area contributed by atoms with E-state index in [1.54, 1.807) is 0 Å². The molecule has 5 heteroatoms. The van der Waals surface area contributed by atoms with Crippen LogP contribution in [-0.4, -0.2) is 40.9 Å². The number of aryl methyl sites for hydroxylation is 2. The monoisotopic (exact) mass is 381 g/mol. The second-order valence-corrected chi connectivity index (χ2v) is 8.49. The molecule has 1 aromatic heterocycles. The first-order chi connectivity index (χ1) is 13.8. The fourth-order valence-corrected chi connectivity index (χ4v) is 5.01. The van der Waals surface area contributed by atoms with Crippen molar-refractivity contribution in [2.45, 2.75) is 63.7 Å². The summed E-state index contributed by atoms with van der Waals surface area (Å²) in [5.41, 5.74) is 4.13. The number of nitrogens with zero attached hydrogens (tertiary/aromatic N) is 3. The van der Waals surface area contributed by atoms with E-state index in [4.69, 9.17) is 9.47 Å². The summed E-state index contributed by atoms with van der Waals surface area (Å²) in [5, 5.41) is 4.57. The van der Waals surface area contributed by atoms with E-state index in [-0.39, 0.29) is 5.60 Å². The lowest BCUT2D eigenvalue weighted by atomic mass is 9.84. The smallest absolute Gasteiger partial charge is 0.232 e. The highest BCUT2D eigenvalue weighted by atomic mass is 16.5. The third-order valence-electron chi connectivity index (χ3n) is 6.69. The van der Waals surface area contributed by atoms with E-state index < -0.39 is 0 Å². The van der Waals surface area contributed by atoms with Crippen LogP contribution in [0.2, 0.25) is 0 Å². The highest BCUT2D eigenvalue weighted by molar-refractivity contribution is 5.35. The Morgan fingerprint density at radius 2 is 1.96 bits per heavy atom. The van der Waals surface area contributed by atoms with Gasteiger partial charge in [0.15, 0.2) is 0 Å². The number of aromatic nitrogens is 2. The summed E-state index contributed by atoms with van der Waals surface area (Å²) in [6.45, 7) is 6.01. The molecule has 1 fully saturated rings. The highest BCUT2D eigenvalue weighted by Crippen LogP contribution is 2.43. The summed E-state index contributed by atoms with van der Waals surface area (Å²) in [7, 11) is 0. The number of benzene rings is 1. The SMILES string of the molecule is c1ccc2c(c1)COC21CCN(CCCCOc2cc3n(n2)CCCC3)CC1. The van der Waals surface area contributed by atoms with E-state index in [9.17, 15) is 0 Å². The van der Waals surface area contributed by atoms with Gasteiger partial charge in [0.25, 0.3) is 0 Å². The van der Waals surface area contributed by atoms with Crippen molar-refractivity contribution in [3.63, 3.8) is 0 Å². The molecule has 150 valence electrons. The highest BCUT2D eigenvalue weighted by Gasteiger charge is 2.42. The van der Waals surface area contributed by atoms with Crippen LogP contribution in [0.1, 0.15) is 55.3 Å². The van der Waals surface area contributed by atoms with E-state index in [0.29, 0.717) is 0 Å². The number of ether oxygens (including phenoxy) is 2. The molecule has 0 saturated carbocycles. The van der Waals surface area contributed by atoms with Gasteiger partial charge < -0.3 is 14.4 Å². The van der Waals surface area contributed by atoms with Crippen molar-refractivity contribution in [2.24, 2.45) is 0 Å². The Labute approximate surface area is 167 Å². The van der Waals surface area contributed by atoms with Crippen LogP contribution < -0.4 is 4.74 Å². The quantitative estimate of drug-likeness (QED) is 0.712. The predicted octanol–water partition coefficient (Wildman–Crippen LogP) is 3.90. The molecule has 5 rings (SSSR count). The van der Waals surface area contributed by atoms with Gasteiger partial charge in [-0.25, -0.2) is 0 Å². The van der Waals surface area contributed by atoms with Crippen LogP contribution in [0.5, 0.6) is 5.88 Å². The van der Waals surface area contributed by atoms with Crippen LogP contribution in [0.3, 0.4) is 0 Å². The molecule has 0 amide bonds. The Bertz CT molecular complexity index is 784. The minimum absolute atomic E-state index is 0.0174. The number of rotatable bonds is 6. The molecule has 4 heterocycles. The van der Waals surface area contributed by atoms with E-state index in [0.717, 1.165) is 71.0 Å². The molecule has 0 unspecified atom stereocenters. The maximum Gasteiger partial charge on any atom is 0.232 e. The minimum Gasteiger partial charge on any atom is -0.477 e. The zero-order valence-electron chi connectivity index (χ0n) is 16.7. The Hall–Kier alpha value is -1.85. The molecular formula is C23H31N3O2. The van der Waals surface area contributed by atoms with Crippen molar-refractivity contribution in [1.29, 1.82) is 0 Å². The standard InChI is InChI=1S/C23H31N3O2/c1-2-9-21-19(7-1)18-28-23(21)10-14-25(15-11-23)12-5-6-16-27-22-17-20-8-3-4-13-26(20)24-22/h1-2,7,9,17H,3-6,8,10-16,18H2. The molecule has 5 nitrogen and oxygen atoms in total. The Morgan fingerprint density at radius 1 is 1.07 bits per heavy atom. The third-order valence-corrected chi connectivity index (χ3v) is 6.69. The molecule has 0 aliphatic carbocycles. The number of fused-ring (bicyclic) bond motifs is 3. The largest absolute Gasteiger partial charge is 0.477 e. The molecule has 2 aromatic rings. The fraction of sp³-hybridized carbons (Fsp3) is 0.609. The van der Waals surface area contributed by atoms with Crippen LogP contribution in [0.4, 0.5) is 0 Å². The lowest BCUT2D eigenvalue weighted by Gasteiger charge is -2.39. The Morgan fingerprint density at radius 3 is 2.86 bits per heavy atom. The van der Waals surface area contributed by atoms with E-state index in [1.165, 1.54) is 36.1 Å². The van der Waals surface area contributed by atoms with Crippen molar-refractivity contribution >= 4 is 0 Å². The second-order valence-electron chi connectivity index (χ2n) is 8.49. The van der Waals surface area contributed by atoms with E-state index >= 15 is 0 Å². The number of hydrogen-bond acceptors (Lipinski definition) is 4. The zero-order valence-corrected chi connectivity index (χ0v) is 16.7. The van der Waals surface area contributed by atoms with Crippen LogP contribution in [-0.2, 0) is 29.9 Å². The van der Waals surface area contributed by atoms with Crippen LogP contribution in [0.25, 0.3) is 0 Å². The van der Waals surface area contributed by atoms with Gasteiger partial charge in [-0.3, -0.25) is 4.68 Å². The summed E-state index contributed by atoms with van der Waals surface area (Å²) >= 11 is 0. The summed E-state index contributed by atoms with van der Waals surface area (Å²) in [4.78, 5) is 2.59. The van der Waals surface area contributed by atoms with Gasteiger partial charge in [0.1, 0.15) is 0 Å². The van der Waals surface area contributed by atoms with Crippen molar-refractivity contribution < 1.29 is 9.47 Å². The first kappa shape index (κ1) is 18.2. The molecule has 0 N–H and O–H groups in total. The lowest BCUT2D eigenvalue weighted by Crippen LogP contribution is -2.42. The van der Waals surface area contributed by atoms with E-state index in [2.05, 4.69) is 45.0 Å². The summed E-state index contributed by atoms with van der Waals surface area (Å²) < 4.78 is 14.3. The lowest BCUT2D eigenvalue weighted by molar-refractivity contribution is -0.0789. The fourth-order valence-electron chi connectivity index (χ4n) is 5.01. The van der Waals surface area contributed by atoms with Gasteiger partial charge >= 0.3 is 0 Å². The van der Waals surface area contributed by atoms with Gasteiger partial charge in [-0.15, -0.1) is 5.10 Å². The van der Waals surface area contributed by atoms with Gasteiger partial charge in [0, 0.05) is 31.4 Å². The van der Waals surface area contributed by atoms with Gasteiger partial charge in [0.2, 0.25) is 5.88 Å². The Kier molecular flexibility index (Phi) is 5.12. The molecule has 1 aromatic carbocycles. The zero-order chi connectivity index (χ0) is 18.8. The van der Waals surface area contributed by atoms with E-state index in [1.807, 2.05) is 0 Å². The van der Waals surface area contributed by atoms with Crippen LogP contribution in [0, 0.1) is 0 Å². The first-order valence-electron chi connectivity index (χ1n) is 11.0. The van der Waals surface area contributed by atoms with Gasteiger partial charge in [-0.1, -0.05) is 24.3 Å². The maximum atomic E-state index is 6.27. The van der Waals surface area contributed by atoms with Crippen molar-refractivity contribution in [1.82, 2.24) is 14.7 Å². The number of hydrogen-bond donors (Lipinski definition) is 0. The Balaban J connectivity index is 1.03.